The molecule has 2 saturated heterocycles. The lowest BCUT2D eigenvalue weighted by atomic mass is 9.81. The van der Waals surface area contributed by atoms with Gasteiger partial charge in [0.2, 0.25) is 0 Å². The van der Waals surface area contributed by atoms with Crippen molar-refractivity contribution in [3.8, 4) is 0 Å². The molecule has 2 aliphatic heterocycles. The van der Waals surface area contributed by atoms with Gasteiger partial charge in [0, 0.05) is 13.1 Å². The average Bonchev–Trinajstić information content (AvgIpc) is 2.76. The van der Waals surface area contributed by atoms with Crippen LogP contribution in [0.2, 0.25) is 0 Å². The molecule has 0 aromatic carbocycles. The molecule has 1 N–H and O–H groups in total. The molecule has 5 nitrogen and oxygen atoms in total. The fourth-order valence-corrected chi connectivity index (χ4v) is 5.35. The minimum atomic E-state index is -4.67. The summed E-state index contributed by atoms with van der Waals surface area (Å²) in [5, 5.41) is -0.861. The van der Waals surface area contributed by atoms with Crippen LogP contribution >= 0.6 is 0 Å². The van der Waals surface area contributed by atoms with Gasteiger partial charge in [-0.3, -0.25) is 4.79 Å². The van der Waals surface area contributed by atoms with E-state index in [1.165, 1.54) is 0 Å². The molecule has 2 heterocycles. The zero-order valence-electron chi connectivity index (χ0n) is 9.45. The van der Waals surface area contributed by atoms with Crippen molar-refractivity contribution < 1.29 is 31.1 Å². The fraction of sp³-hybridized carbons (Fsp3) is 0.889. The number of carbonyl (C=O) groups is 1. The second-order valence-corrected chi connectivity index (χ2v) is 6.89. The molecule has 0 aromatic heterocycles. The summed E-state index contributed by atoms with van der Waals surface area (Å²) in [6, 6.07) is 0. The van der Waals surface area contributed by atoms with Crippen LogP contribution in [0.3, 0.4) is 0 Å². The van der Waals surface area contributed by atoms with Crippen molar-refractivity contribution in [2.24, 2.45) is 5.41 Å². The number of ether oxygens (including phenoxy) is 1. The molecule has 3 atom stereocenters. The topological polar surface area (TPSA) is 72.5 Å². The van der Waals surface area contributed by atoms with Gasteiger partial charge < -0.3 is 10.1 Å². The molecule has 0 amide bonds. The van der Waals surface area contributed by atoms with E-state index in [4.69, 9.17) is 0 Å². The molecule has 1 unspecified atom stereocenters. The number of alkyl halides is 3. The van der Waals surface area contributed by atoms with Crippen molar-refractivity contribution in [1.29, 1.82) is 0 Å². The van der Waals surface area contributed by atoms with Gasteiger partial charge in [-0.25, -0.2) is 8.42 Å². The summed E-state index contributed by atoms with van der Waals surface area (Å²) in [6.45, 7) is -0.761. The van der Waals surface area contributed by atoms with Gasteiger partial charge in [0.05, 0.1) is 17.8 Å². The van der Waals surface area contributed by atoms with Crippen LogP contribution in [0.25, 0.3) is 0 Å². The largest absolute Gasteiger partial charge is 0.468 e. The number of halogens is 3. The Bertz CT molecular complexity index is 475. The van der Waals surface area contributed by atoms with E-state index in [2.05, 4.69) is 10.1 Å². The third kappa shape index (κ3) is 1.56. The van der Waals surface area contributed by atoms with Gasteiger partial charge in [0.25, 0.3) is 0 Å². The highest BCUT2D eigenvalue weighted by molar-refractivity contribution is 7.93. The second-order valence-electron chi connectivity index (χ2n) is 4.58. The Hall–Kier alpha value is -0.830. The predicted molar refractivity (Wildman–Crippen MR) is 54.5 cm³/mol. The van der Waals surface area contributed by atoms with Crippen LogP contribution < -0.4 is 5.32 Å². The highest BCUT2D eigenvalue weighted by Gasteiger charge is 2.72. The Morgan fingerprint density at radius 1 is 1.44 bits per heavy atom. The Balaban J connectivity index is 2.49. The summed E-state index contributed by atoms with van der Waals surface area (Å²) in [4.78, 5) is 11.3. The number of sulfone groups is 1. The number of hydrogen-bond acceptors (Lipinski definition) is 5. The number of rotatable bonds is 1. The first-order valence-electron chi connectivity index (χ1n) is 5.25. The number of esters is 1. The molecular weight excluding hydrogens is 275 g/mol. The third-order valence-electron chi connectivity index (χ3n) is 3.76. The molecule has 0 bridgehead atoms. The molecule has 0 saturated carbocycles. The standard InChI is InChI=1S/C9H12F3NO4S/c1-17-7(14)5-2-8(9(10,11)12)4-13-3-6(8)18(5,15)16/h5-6,13H,2-4H2,1H3/t5?,6-,8-/m1/s1. The molecule has 0 aromatic rings. The normalized spacial score (nSPS) is 38.4. The van der Waals surface area contributed by atoms with Gasteiger partial charge in [-0.05, 0) is 6.42 Å². The van der Waals surface area contributed by atoms with Crippen LogP contribution in [-0.4, -0.2) is 51.3 Å². The highest BCUT2D eigenvalue weighted by atomic mass is 32.2. The SMILES string of the molecule is COC(=O)C1C[C@@]2(C(F)(F)F)CNC[C@H]2S1(=O)=O. The highest BCUT2D eigenvalue weighted by Crippen LogP contribution is 2.55. The Morgan fingerprint density at radius 3 is 2.50 bits per heavy atom. The maximum absolute atomic E-state index is 13.1. The van der Waals surface area contributed by atoms with E-state index in [1.807, 2.05) is 0 Å². The summed E-state index contributed by atoms with van der Waals surface area (Å²) >= 11 is 0. The summed E-state index contributed by atoms with van der Waals surface area (Å²) in [7, 11) is -3.21. The number of nitrogens with one attached hydrogen (secondary N) is 1. The molecule has 9 heteroatoms. The van der Waals surface area contributed by atoms with Gasteiger partial charge in [-0.15, -0.1) is 0 Å². The van der Waals surface area contributed by atoms with E-state index < -0.39 is 50.9 Å². The first-order valence-corrected chi connectivity index (χ1v) is 6.86. The molecule has 2 fully saturated rings. The average molecular weight is 287 g/mol. The van der Waals surface area contributed by atoms with E-state index in [9.17, 15) is 26.4 Å². The van der Waals surface area contributed by atoms with Crippen molar-refractivity contribution in [3.05, 3.63) is 0 Å². The predicted octanol–water partition coefficient (Wildman–Crippen LogP) is -0.133. The molecule has 104 valence electrons. The molecule has 0 aliphatic carbocycles. The van der Waals surface area contributed by atoms with Crippen molar-refractivity contribution in [2.75, 3.05) is 20.2 Å². The van der Waals surface area contributed by atoms with Crippen molar-refractivity contribution >= 4 is 15.8 Å². The zero-order chi connectivity index (χ0) is 13.8. The molecule has 2 aliphatic rings. The minimum absolute atomic E-state index is 0.282. The van der Waals surface area contributed by atoms with E-state index in [0.29, 0.717) is 0 Å². The Morgan fingerprint density at radius 2 is 2.06 bits per heavy atom. The maximum atomic E-state index is 13.1. The molecule has 0 radical (unpaired) electrons. The van der Waals surface area contributed by atoms with E-state index in [-0.39, 0.29) is 6.54 Å². The number of carbonyl (C=O) groups excluding carboxylic acids is 1. The monoisotopic (exact) mass is 287 g/mol. The number of hydrogen-bond donors (Lipinski definition) is 1. The molecular formula is C9H12F3NO4S. The smallest absolute Gasteiger partial charge is 0.397 e. The van der Waals surface area contributed by atoms with Crippen LogP contribution in [0.4, 0.5) is 13.2 Å². The van der Waals surface area contributed by atoms with E-state index >= 15 is 0 Å². The van der Waals surface area contributed by atoms with E-state index in [1.54, 1.807) is 0 Å². The van der Waals surface area contributed by atoms with Gasteiger partial charge >= 0.3 is 12.1 Å². The van der Waals surface area contributed by atoms with Crippen molar-refractivity contribution in [1.82, 2.24) is 5.32 Å². The third-order valence-corrected chi connectivity index (χ3v) is 6.32. The summed E-state index contributed by atoms with van der Waals surface area (Å²) < 4.78 is 67.7. The summed E-state index contributed by atoms with van der Waals surface area (Å²) in [5.41, 5.74) is -2.37. The lowest BCUT2D eigenvalue weighted by molar-refractivity contribution is -0.215. The lowest BCUT2D eigenvalue weighted by Crippen LogP contribution is -2.45. The minimum Gasteiger partial charge on any atom is -0.468 e. The fourth-order valence-electron chi connectivity index (χ4n) is 2.76. The molecule has 0 spiro atoms. The first-order chi connectivity index (χ1) is 8.17. The van der Waals surface area contributed by atoms with Crippen LogP contribution in [0, 0.1) is 5.41 Å². The van der Waals surface area contributed by atoms with E-state index in [0.717, 1.165) is 7.11 Å². The number of methoxy groups -OCH3 is 1. The van der Waals surface area contributed by atoms with Crippen molar-refractivity contribution in [3.63, 3.8) is 0 Å². The van der Waals surface area contributed by atoms with Crippen molar-refractivity contribution in [2.45, 2.75) is 23.1 Å². The Labute approximate surface area is 102 Å². The van der Waals surface area contributed by atoms with Crippen LogP contribution in [0.15, 0.2) is 0 Å². The quantitative estimate of drug-likeness (QED) is 0.680. The Kier molecular flexibility index (Phi) is 2.89. The van der Waals surface area contributed by atoms with Gasteiger partial charge in [0.15, 0.2) is 15.1 Å². The van der Waals surface area contributed by atoms with Crippen LogP contribution in [0.5, 0.6) is 0 Å². The summed E-state index contributed by atoms with van der Waals surface area (Å²) in [5.74, 6) is -1.12. The zero-order valence-corrected chi connectivity index (χ0v) is 10.3. The van der Waals surface area contributed by atoms with Gasteiger partial charge in [-0.2, -0.15) is 13.2 Å². The summed E-state index contributed by atoms with van der Waals surface area (Å²) in [6.07, 6.45) is -5.43. The molecule has 18 heavy (non-hydrogen) atoms. The first kappa shape index (κ1) is 13.6. The van der Waals surface area contributed by atoms with Crippen LogP contribution in [-0.2, 0) is 19.4 Å². The van der Waals surface area contributed by atoms with Crippen LogP contribution in [0.1, 0.15) is 6.42 Å². The number of fused-ring (bicyclic) bond motifs is 1. The maximum Gasteiger partial charge on any atom is 0.397 e. The van der Waals surface area contributed by atoms with Gasteiger partial charge in [0.1, 0.15) is 0 Å². The molecule has 2 rings (SSSR count). The lowest BCUT2D eigenvalue weighted by Gasteiger charge is -2.29. The van der Waals surface area contributed by atoms with Gasteiger partial charge in [-0.1, -0.05) is 0 Å². The second kappa shape index (κ2) is 3.83.